The molecule has 1 unspecified atom stereocenters. The average molecular weight is 445 g/mol. The molecule has 1 aliphatic heterocycles. The summed E-state index contributed by atoms with van der Waals surface area (Å²) in [5.74, 6) is 1.33. The van der Waals surface area contributed by atoms with Gasteiger partial charge in [0.1, 0.15) is 6.04 Å². The van der Waals surface area contributed by atoms with Gasteiger partial charge in [-0.1, -0.05) is 55.2 Å². The molecule has 0 saturated carbocycles. The maximum absolute atomic E-state index is 13.2. The highest BCUT2D eigenvalue weighted by Gasteiger charge is 2.42. The lowest BCUT2D eigenvalue weighted by atomic mass is 9.73. The van der Waals surface area contributed by atoms with Gasteiger partial charge in [-0.15, -0.1) is 16.4 Å². The third-order valence-electron chi connectivity index (χ3n) is 5.35. The number of allylic oxidation sites excluding steroid dienone is 2. The summed E-state index contributed by atoms with van der Waals surface area (Å²) in [5.41, 5.74) is 2.23. The molecule has 0 fully saturated rings. The summed E-state index contributed by atoms with van der Waals surface area (Å²) in [5, 5.41) is 11.0. The molecule has 0 bridgehead atoms. The quantitative estimate of drug-likeness (QED) is 0.528. The van der Waals surface area contributed by atoms with Crippen LogP contribution in [-0.4, -0.2) is 20.5 Å². The summed E-state index contributed by atoms with van der Waals surface area (Å²) in [7, 11) is 0. The smallest absolute Gasteiger partial charge is 0.226 e. The molecule has 0 saturated heterocycles. The number of carbonyl (C=O) groups is 1. The molecule has 0 radical (unpaired) electrons. The SMILES string of the molecule is CC1(C)CC(=O)C2=C(C1)Nc1nc(-c3cccs3)nn1C2c1cccc(Cl)c1Cl. The van der Waals surface area contributed by atoms with Crippen LogP contribution in [0.5, 0.6) is 0 Å². The number of halogens is 2. The molecule has 148 valence electrons. The molecule has 1 N–H and O–H groups in total. The zero-order chi connectivity index (χ0) is 20.3. The molecule has 1 aromatic carbocycles. The van der Waals surface area contributed by atoms with Crippen LogP contribution < -0.4 is 5.32 Å². The van der Waals surface area contributed by atoms with Crippen LogP contribution >= 0.6 is 34.5 Å². The summed E-state index contributed by atoms with van der Waals surface area (Å²) >= 11 is 14.5. The zero-order valence-corrected chi connectivity index (χ0v) is 18.2. The van der Waals surface area contributed by atoms with E-state index < -0.39 is 6.04 Å². The first kappa shape index (κ1) is 18.9. The Morgan fingerprint density at radius 1 is 1.21 bits per heavy atom. The van der Waals surface area contributed by atoms with E-state index in [1.165, 1.54) is 0 Å². The number of rotatable bonds is 2. The Kier molecular flexibility index (Phi) is 4.35. The second-order valence-electron chi connectivity index (χ2n) is 8.18. The summed E-state index contributed by atoms with van der Waals surface area (Å²) in [6.07, 6.45) is 1.23. The number of ketones is 1. The van der Waals surface area contributed by atoms with Crippen molar-refractivity contribution in [3.63, 3.8) is 0 Å². The molecule has 5 rings (SSSR count). The number of nitrogens with zero attached hydrogens (tertiary/aromatic N) is 3. The molecule has 2 aliphatic rings. The van der Waals surface area contributed by atoms with Gasteiger partial charge >= 0.3 is 0 Å². The Labute approximate surface area is 182 Å². The van der Waals surface area contributed by atoms with E-state index in [0.29, 0.717) is 33.8 Å². The molecule has 1 aliphatic carbocycles. The lowest BCUT2D eigenvalue weighted by Crippen LogP contribution is -2.36. The molecule has 5 nitrogen and oxygen atoms in total. The first-order valence-electron chi connectivity index (χ1n) is 9.32. The summed E-state index contributed by atoms with van der Waals surface area (Å²) in [6.45, 7) is 4.21. The number of thiophene rings is 1. The lowest BCUT2D eigenvalue weighted by molar-refractivity contribution is -0.118. The lowest BCUT2D eigenvalue weighted by Gasteiger charge is -2.38. The van der Waals surface area contributed by atoms with Crippen LogP contribution in [0.15, 0.2) is 47.0 Å². The summed E-state index contributed by atoms with van der Waals surface area (Å²) in [6, 6.07) is 8.98. The van der Waals surface area contributed by atoms with Crippen molar-refractivity contribution in [1.82, 2.24) is 14.8 Å². The van der Waals surface area contributed by atoms with Crippen molar-refractivity contribution in [2.45, 2.75) is 32.7 Å². The highest BCUT2D eigenvalue weighted by molar-refractivity contribution is 7.13. The number of aromatic nitrogens is 3. The fraction of sp³-hybridized carbons (Fsp3) is 0.286. The molecular formula is C21H18Cl2N4OS. The van der Waals surface area contributed by atoms with Crippen molar-refractivity contribution in [2.75, 3.05) is 5.32 Å². The van der Waals surface area contributed by atoms with Crippen LogP contribution in [0.3, 0.4) is 0 Å². The molecule has 3 heterocycles. The van der Waals surface area contributed by atoms with Crippen molar-refractivity contribution in [3.05, 3.63) is 62.6 Å². The summed E-state index contributed by atoms with van der Waals surface area (Å²) in [4.78, 5) is 18.9. The minimum absolute atomic E-state index is 0.101. The largest absolute Gasteiger partial charge is 0.328 e. The molecule has 3 aromatic rings. The Balaban J connectivity index is 1.74. The van der Waals surface area contributed by atoms with Gasteiger partial charge in [0.15, 0.2) is 11.6 Å². The number of benzene rings is 1. The van der Waals surface area contributed by atoms with E-state index in [4.69, 9.17) is 33.3 Å². The predicted octanol–water partition coefficient (Wildman–Crippen LogP) is 5.97. The van der Waals surface area contributed by atoms with E-state index >= 15 is 0 Å². The van der Waals surface area contributed by atoms with Gasteiger partial charge in [-0.25, -0.2) is 4.68 Å². The topological polar surface area (TPSA) is 59.8 Å². The van der Waals surface area contributed by atoms with E-state index in [9.17, 15) is 4.79 Å². The Hall–Kier alpha value is -2.15. The predicted molar refractivity (Wildman–Crippen MR) is 117 cm³/mol. The molecule has 8 heteroatoms. The Morgan fingerprint density at radius 2 is 2.03 bits per heavy atom. The minimum atomic E-state index is -0.461. The zero-order valence-electron chi connectivity index (χ0n) is 15.9. The number of hydrogen-bond donors (Lipinski definition) is 1. The van der Waals surface area contributed by atoms with Crippen LogP contribution in [-0.2, 0) is 4.79 Å². The second-order valence-corrected chi connectivity index (χ2v) is 9.92. The van der Waals surface area contributed by atoms with Gasteiger partial charge < -0.3 is 5.32 Å². The van der Waals surface area contributed by atoms with Gasteiger partial charge in [0.2, 0.25) is 5.95 Å². The van der Waals surface area contributed by atoms with E-state index in [-0.39, 0.29) is 11.2 Å². The summed E-state index contributed by atoms with van der Waals surface area (Å²) < 4.78 is 1.77. The molecular weight excluding hydrogens is 427 g/mol. The van der Waals surface area contributed by atoms with Gasteiger partial charge in [0.05, 0.1) is 14.9 Å². The monoisotopic (exact) mass is 444 g/mol. The van der Waals surface area contributed by atoms with Gasteiger partial charge in [-0.3, -0.25) is 4.79 Å². The number of anilines is 1. The molecule has 29 heavy (non-hydrogen) atoms. The van der Waals surface area contributed by atoms with Crippen LogP contribution in [0.1, 0.15) is 38.3 Å². The fourth-order valence-electron chi connectivity index (χ4n) is 4.14. The Bertz CT molecular complexity index is 1160. The maximum Gasteiger partial charge on any atom is 0.226 e. The van der Waals surface area contributed by atoms with E-state index in [2.05, 4.69) is 19.2 Å². The van der Waals surface area contributed by atoms with Crippen LogP contribution in [0.2, 0.25) is 10.0 Å². The molecule has 0 spiro atoms. The number of fused-ring (bicyclic) bond motifs is 1. The highest BCUT2D eigenvalue weighted by atomic mass is 35.5. The normalized spacial score (nSPS) is 20.3. The third-order valence-corrected chi connectivity index (χ3v) is 7.05. The van der Waals surface area contributed by atoms with Gasteiger partial charge in [0.25, 0.3) is 0 Å². The maximum atomic E-state index is 13.2. The first-order chi connectivity index (χ1) is 13.8. The van der Waals surface area contributed by atoms with Gasteiger partial charge in [-0.2, -0.15) is 4.98 Å². The molecule has 0 amide bonds. The molecule has 2 aromatic heterocycles. The number of carbonyl (C=O) groups excluding carboxylic acids is 1. The van der Waals surface area contributed by atoms with Crippen LogP contribution in [0, 0.1) is 5.41 Å². The minimum Gasteiger partial charge on any atom is -0.328 e. The standard InChI is InChI=1S/C21H18Cl2N4OS/c1-21(2)9-13-16(14(28)10-21)18(11-5-3-6-12(22)17(11)23)27-20(24-13)25-19(26-27)15-7-4-8-29-15/h3-8,18H,9-10H2,1-2H3,(H,24,25,26). The van der Waals surface area contributed by atoms with E-state index in [0.717, 1.165) is 22.6 Å². The second kappa shape index (κ2) is 6.69. The van der Waals surface area contributed by atoms with E-state index in [1.807, 2.05) is 29.6 Å². The highest BCUT2D eigenvalue weighted by Crippen LogP contribution is 2.47. The number of hydrogen-bond acceptors (Lipinski definition) is 5. The van der Waals surface area contributed by atoms with Crippen LogP contribution in [0.25, 0.3) is 10.7 Å². The van der Waals surface area contributed by atoms with Crippen molar-refractivity contribution < 1.29 is 4.79 Å². The third kappa shape index (κ3) is 3.10. The molecule has 1 atom stereocenters. The van der Waals surface area contributed by atoms with Crippen molar-refractivity contribution in [3.8, 4) is 10.7 Å². The van der Waals surface area contributed by atoms with E-state index in [1.54, 1.807) is 22.1 Å². The number of Topliss-reactive ketones (excluding diaryl/α,β-unsaturated/α-hetero) is 1. The van der Waals surface area contributed by atoms with Gasteiger partial charge in [-0.05, 0) is 29.3 Å². The Morgan fingerprint density at radius 3 is 2.79 bits per heavy atom. The number of nitrogens with one attached hydrogen (secondary N) is 1. The average Bonchev–Trinajstić information content (AvgIpc) is 3.30. The van der Waals surface area contributed by atoms with Crippen molar-refractivity contribution in [2.24, 2.45) is 5.41 Å². The fourth-order valence-corrected chi connectivity index (χ4v) is 5.20. The van der Waals surface area contributed by atoms with Crippen molar-refractivity contribution in [1.29, 1.82) is 0 Å². The van der Waals surface area contributed by atoms with Crippen molar-refractivity contribution >= 4 is 46.3 Å². The van der Waals surface area contributed by atoms with Gasteiger partial charge in [0, 0.05) is 23.3 Å². The first-order valence-corrected chi connectivity index (χ1v) is 11.0. The van der Waals surface area contributed by atoms with Crippen LogP contribution in [0.4, 0.5) is 5.95 Å².